The summed E-state index contributed by atoms with van der Waals surface area (Å²) in [7, 11) is 1.54. The number of hydrogen-bond donors (Lipinski definition) is 1. The van der Waals surface area contributed by atoms with E-state index in [0.29, 0.717) is 6.54 Å². The highest BCUT2D eigenvalue weighted by atomic mass is 32.1. The smallest absolute Gasteiger partial charge is 0.319 e. The first kappa shape index (κ1) is 15.4. The molecular formula is C13H16F2N4OS. The van der Waals surface area contributed by atoms with Crippen LogP contribution in [0.3, 0.4) is 0 Å². The van der Waals surface area contributed by atoms with E-state index in [-0.39, 0.29) is 18.4 Å². The van der Waals surface area contributed by atoms with Crippen LogP contribution < -0.4 is 5.32 Å². The highest BCUT2D eigenvalue weighted by molar-refractivity contribution is 7.11. The molecule has 2 aromatic rings. The summed E-state index contributed by atoms with van der Waals surface area (Å²) >= 11 is 1.60. The van der Waals surface area contributed by atoms with Crippen LogP contribution in [-0.2, 0) is 13.1 Å². The monoisotopic (exact) mass is 314 g/mol. The molecule has 0 saturated heterocycles. The molecule has 2 rings (SSSR count). The van der Waals surface area contributed by atoms with Crippen LogP contribution in [0.2, 0.25) is 0 Å². The number of imidazole rings is 1. The van der Waals surface area contributed by atoms with E-state index < -0.39 is 6.55 Å². The Hall–Kier alpha value is -1.96. The van der Waals surface area contributed by atoms with Crippen LogP contribution in [-0.4, -0.2) is 27.5 Å². The van der Waals surface area contributed by atoms with E-state index in [9.17, 15) is 13.6 Å². The zero-order chi connectivity index (χ0) is 15.4. The van der Waals surface area contributed by atoms with Crippen molar-refractivity contribution >= 4 is 17.4 Å². The number of alkyl halides is 2. The molecule has 0 radical (unpaired) electrons. The molecule has 8 heteroatoms. The summed E-state index contributed by atoms with van der Waals surface area (Å²) in [5.41, 5.74) is 0. The number of aromatic nitrogens is 2. The lowest BCUT2D eigenvalue weighted by atomic mass is 10.4. The number of hydrogen-bond acceptors (Lipinski definition) is 3. The number of nitrogens with zero attached hydrogens (tertiary/aromatic N) is 3. The molecule has 1 N–H and O–H groups in total. The number of carbonyl (C=O) groups is 1. The van der Waals surface area contributed by atoms with Crippen molar-refractivity contribution in [3.8, 4) is 0 Å². The molecule has 2 heterocycles. The lowest BCUT2D eigenvalue weighted by molar-refractivity contribution is 0.0651. The Morgan fingerprint density at radius 3 is 2.90 bits per heavy atom. The molecule has 0 atom stereocenters. The van der Waals surface area contributed by atoms with Gasteiger partial charge in [-0.2, -0.15) is 8.78 Å². The molecule has 0 spiro atoms. The van der Waals surface area contributed by atoms with E-state index in [1.54, 1.807) is 18.4 Å². The Bertz CT molecular complexity index is 611. The van der Waals surface area contributed by atoms with Crippen LogP contribution in [0.4, 0.5) is 13.6 Å². The second-order valence-corrected chi connectivity index (χ2v) is 5.93. The van der Waals surface area contributed by atoms with Gasteiger partial charge in [0.2, 0.25) is 0 Å². The van der Waals surface area contributed by atoms with Crippen LogP contribution >= 0.6 is 11.3 Å². The minimum absolute atomic E-state index is 0.0205. The van der Waals surface area contributed by atoms with Gasteiger partial charge in [-0.15, -0.1) is 11.3 Å². The molecule has 0 unspecified atom stereocenters. The molecular weight excluding hydrogens is 298 g/mol. The van der Waals surface area contributed by atoms with Gasteiger partial charge in [-0.3, -0.25) is 4.57 Å². The van der Waals surface area contributed by atoms with Crippen molar-refractivity contribution in [3.63, 3.8) is 0 Å². The minimum Gasteiger partial charge on any atom is -0.333 e. The second kappa shape index (κ2) is 6.66. The number of rotatable bonds is 5. The van der Waals surface area contributed by atoms with Crippen molar-refractivity contribution in [1.82, 2.24) is 19.8 Å². The Morgan fingerprint density at radius 1 is 1.52 bits per heavy atom. The number of thiophene rings is 1. The second-order valence-electron chi connectivity index (χ2n) is 4.56. The quantitative estimate of drug-likeness (QED) is 0.922. The predicted octanol–water partition coefficient (Wildman–Crippen LogP) is 2.99. The number of nitrogens with one attached hydrogen (secondary N) is 1. The van der Waals surface area contributed by atoms with Gasteiger partial charge in [0, 0.05) is 29.2 Å². The normalized spacial score (nSPS) is 10.9. The summed E-state index contributed by atoms with van der Waals surface area (Å²) in [5, 5.41) is 2.75. The van der Waals surface area contributed by atoms with Gasteiger partial charge in [0.05, 0.1) is 13.1 Å². The van der Waals surface area contributed by atoms with Crippen molar-refractivity contribution in [2.75, 3.05) is 7.05 Å². The van der Waals surface area contributed by atoms with Crippen LogP contribution in [0.1, 0.15) is 22.1 Å². The highest BCUT2D eigenvalue weighted by Crippen LogP contribution is 2.15. The third-order valence-corrected chi connectivity index (χ3v) is 3.89. The first-order valence-corrected chi connectivity index (χ1v) is 7.13. The summed E-state index contributed by atoms with van der Waals surface area (Å²) in [6.45, 7) is -0.225. The molecule has 0 fully saturated rings. The molecule has 0 aromatic carbocycles. The number of urea groups is 1. The lowest BCUT2D eigenvalue weighted by Gasteiger charge is -2.18. The SMILES string of the molecule is Cc1ccc(CNC(=O)N(C)Cc2nccn2C(F)F)s1. The molecule has 21 heavy (non-hydrogen) atoms. The summed E-state index contributed by atoms with van der Waals surface area (Å²) in [6.07, 6.45) is 2.49. The van der Waals surface area contributed by atoms with Gasteiger partial charge in [0.1, 0.15) is 5.82 Å². The Kier molecular flexibility index (Phi) is 4.89. The van der Waals surface area contributed by atoms with Gasteiger partial charge < -0.3 is 10.2 Å². The number of carbonyl (C=O) groups excluding carboxylic acids is 1. The number of amides is 2. The highest BCUT2D eigenvalue weighted by Gasteiger charge is 2.16. The van der Waals surface area contributed by atoms with E-state index in [0.717, 1.165) is 9.44 Å². The zero-order valence-corrected chi connectivity index (χ0v) is 12.5. The lowest BCUT2D eigenvalue weighted by Crippen LogP contribution is -2.36. The third kappa shape index (κ3) is 4.01. The van der Waals surface area contributed by atoms with E-state index in [2.05, 4.69) is 10.3 Å². The van der Waals surface area contributed by atoms with Crippen molar-refractivity contribution in [2.45, 2.75) is 26.6 Å². The molecule has 0 bridgehead atoms. The van der Waals surface area contributed by atoms with Crippen molar-refractivity contribution in [1.29, 1.82) is 0 Å². The van der Waals surface area contributed by atoms with Gasteiger partial charge in [-0.1, -0.05) is 0 Å². The molecule has 2 aromatic heterocycles. The zero-order valence-electron chi connectivity index (χ0n) is 11.7. The van der Waals surface area contributed by atoms with Gasteiger partial charge in [-0.25, -0.2) is 9.78 Å². The maximum Gasteiger partial charge on any atom is 0.319 e. The fraction of sp³-hybridized carbons (Fsp3) is 0.385. The molecule has 0 aliphatic rings. The van der Waals surface area contributed by atoms with E-state index in [4.69, 9.17) is 0 Å². The van der Waals surface area contributed by atoms with Crippen LogP contribution in [0.15, 0.2) is 24.5 Å². The van der Waals surface area contributed by atoms with Crippen LogP contribution in [0, 0.1) is 6.92 Å². The summed E-state index contributed by atoms with van der Waals surface area (Å²) in [6, 6.07) is 3.60. The van der Waals surface area contributed by atoms with E-state index in [1.807, 2.05) is 19.1 Å². The number of aryl methyl sites for hydroxylation is 1. The molecule has 0 aliphatic heterocycles. The van der Waals surface area contributed by atoms with E-state index in [1.165, 1.54) is 22.2 Å². The van der Waals surface area contributed by atoms with Crippen molar-refractivity contribution in [2.24, 2.45) is 0 Å². The van der Waals surface area contributed by atoms with Gasteiger partial charge >= 0.3 is 12.6 Å². The molecule has 114 valence electrons. The van der Waals surface area contributed by atoms with Gasteiger partial charge in [-0.05, 0) is 19.1 Å². The largest absolute Gasteiger partial charge is 0.333 e. The minimum atomic E-state index is -2.66. The molecule has 0 aliphatic carbocycles. The molecule has 2 amide bonds. The maximum atomic E-state index is 12.7. The number of halogens is 2. The average molecular weight is 314 g/mol. The van der Waals surface area contributed by atoms with E-state index >= 15 is 0 Å². The van der Waals surface area contributed by atoms with Crippen LogP contribution in [0.25, 0.3) is 0 Å². The van der Waals surface area contributed by atoms with Crippen molar-refractivity contribution < 1.29 is 13.6 Å². The Labute approximate surface area is 125 Å². The molecule has 5 nitrogen and oxygen atoms in total. The predicted molar refractivity (Wildman–Crippen MR) is 76.2 cm³/mol. The molecule has 0 saturated carbocycles. The fourth-order valence-electron chi connectivity index (χ4n) is 1.81. The Morgan fingerprint density at radius 2 is 2.29 bits per heavy atom. The summed E-state index contributed by atoms with van der Waals surface area (Å²) < 4.78 is 26.1. The van der Waals surface area contributed by atoms with Gasteiger partial charge in [0.25, 0.3) is 0 Å². The average Bonchev–Trinajstić information content (AvgIpc) is 3.04. The van der Waals surface area contributed by atoms with Gasteiger partial charge in [0.15, 0.2) is 0 Å². The Balaban J connectivity index is 1.89. The fourth-order valence-corrected chi connectivity index (χ4v) is 2.64. The van der Waals surface area contributed by atoms with Crippen LogP contribution in [0.5, 0.6) is 0 Å². The third-order valence-electron chi connectivity index (χ3n) is 2.89. The summed E-state index contributed by atoms with van der Waals surface area (Å²) in [5.74, 6) is 0.148. The topological polar surface area (TPSA) is 50.2 Å². The maximum absolute atomic E-state index is 12.7. The first-order chi connectivity index (χ1) is 9.97. The summed E-state index contributed by atoms with van der Waals surface area (Å²) in [4.78, 5) is 19.3. The van der Waals surface area contributed by atoms with Crippen molar-refractivity contribution in [3.05, 3.63) is 40.1 Å². The standard InChI is InChI=1S/C13H16F2N4OS/c1-9-3-4-10(21-9)7-17-13(20)18(2)8-11-16-5-6-19(11)12(14)15/h3-6,12H,7-8H2,1-2H3,(H,17,20). The first-order valence-electron chi connectivity index (χ1n) is 6.31.